The number of Topliss-reactive ketones (excluding diaryl/α,β-unsaturated/α-hetero) is 1. The maximum absolute atomic E-state index is 11.8. The number of benzene rings is 1. The average Bonchev–Trinajstić information content (AvgIpc) is 2.45. The van der Waals surface area contributed by atoms with Gasteiger partial charge in [-0.3, -0.25) is 4.79 Å². The van der Waals surface area contributed by atoms with E-state index in [9.17, 15) is 9.59 Å². The van der Waals surface area contributed by atoms with Crippen molar-refractivity contribution in [1.82, 2.24) is 4.90 Å². The van der Waals surface area contributed by atoms with Crippen molar-refractivity contribution in [3.8, 4) is 0 Å². The van der Waals surface area contributed by atoms with Gasteiger partial charge in [0.15, 0.2) is 5.78 Å². The lowest BCUT2D eigenvalue weighted by Gasteiger charge is -2.24. The van der Waals surface area contributed by atoms with Gasteiger partial charge >= 0.3 is 6.09 Å². The van der Waals surface area contributed by atoms with Crippen LogP contribution in [0.5, 0.6) is 0 Å². The molecule has 0 fully saturated rings. The largest absolute Gasteiger partial charge is 0.444 e. The van der Waals surface area contributed by atoms with Crippen molar-refractivity contribution in [2.45, 2.75) is 46.3 Å². The Kier molecular flexibility index (Phi) is 7.23. The lowest BCUT2D eigenvalue weighted by atomic mass is 10.1. The van der Waals surface area contributed by atoms with Crippen molar-refractivity contribution in [3.05, 3.63) is 35.4 Å². The van der Waals surface area contributed by atoms with Gasteiger partial charge < -0.3 is 14.4 Å². The van der Waals surface area contributed by atoms with Crippen LogP contribution in [0.4, 0.5) is 4.79 Å². The fourth-order valence-electron chi connectivity index (χ4n) is 1.91. The molecule has 23 heavy (non-hydrogen) atoms. The van der Waals surface area contributed by atoms with E-state index in [0.717, 1.165) is 12.0 Å². The third-order valence-corrected chi connectivity index (χ3v) is 3.09. The van der Waals surface area contributed by atoms with Crippen molar-refractivity contribution in [3.63, 3.8) is 0 Å². The quantitative estimate of drug-likeness (QED) is 0.568. The summed E-state index contributed by atoms with van der Waals surface area (Å²) in [4.78, 5) is 24.6. The molecule has 0 aliphatic carbocycles. The van der Waals surface area contributed by atoms with Crippen molar-refractivity contribution >= 4 is 11.9 Å². The summed E-state index contributed by atoms with van der Waals surface area (Å²) in [5, 5.41) is 0. The molecule has 1 aromatic rings. The standard InChI is InChI=1S/C18H27NO4/c1-14(20)16-9-6-8-15(12-16)13-22-11-7-10-19(5)17(21)23-18(2,3)4/h6,8-9,12H,7,10-11,13H2,1-5H3. The van der Waals surface area contributed by atoms with E-state index in [1.165, 1.54) is 0 Å². The number of rotatable bonds is 7. The van der Waals surface area contributed by atoms with Crippen LogP contribution < -0.4 is 0 Å². The molecule has 1 aromatic carbocycles. The van der Waals surface area contributed by atoms with Crippen LogP contribution in [0.1, 0.15) is 50.0 Å². The monoisotopic (exact) mass is 321 g/mol. The first-order valence-corrected chi connectivity index (χ1v) is 7.81. The molecule has 5 heteroatoms. The molecule has 0 aromatic heterocycles. The van der Waals surface area contributed by atoms with E-state index in [2.05, 4.69) is 0 Å². The number of carbonyl (C=O) groups is 2. The van der Waals surface area contributed by atoms with E-state index in [-0.39, 0.29) is 11.9 Å². The average molecular weight is 321 g/mol. The first-order valence-electron chi connectivity index (χ1n) is 7.81. The fourth-order valence-corrected chi connectivity index (χ4v) is 1.91. The van der Waals surface area contributed by atoms with Crippen LogP contribution in [-0.2, 0) is 16.1 Å². The molecule has 0 saturated heterocycles. The summed E-state index contributed by atoms with van der Waals surface area (Å²) in [5.74, 6) is 0.0471. The van der Waals surface area contributed by atoms with Crippen LogP contribution >= 0.6 is 0 Å². The summed E-state index contributed by atoms with van der Waals surface area (Å²) in [6, 6.07) is 7.42. The molecule has 0 heterocycles. The molecule has 0 spiro atoms. The van der Waals surface area contributed by atoms with Crippen molar-refractivity contribution < 1.29 is 19.1 Å². The van der Waals surface area contributed by atoms with Crippen LogP contribution in [0.2, 0.25) is 0 Å². The maximum atomic E-state index is 11.8. The van der Waals surface area contributed by atoms with Crippen molar-refractivity contribution in [2.24, 2.45) is 0 Å². The molecule has 0 radical (unpaired) electrons. The molecule has 0 aliphatic heterocycles. The first-order chi connectivity index (χ1) is 10.7. The number of ether oxygens (including phenoxy) is 2. The molecular formula is C18H27NO4. The van der Waals surface area contributed by atoms with Gasteiger partial charge in [0, 0.05) is 25.8 Å². The lowest BCUT2D eigenvalue weighted by molar-refractivity contribution is 0.0276. The highest BCUT2D eigenvalue weighted by Crippen LogP contribution is 2.10. The predicted octanol–water partition coefficient (Wildman–Crippen LogP) is 3.66. The minimum absolute atomic E-state index is 0.0471. The number of nitrogens with zero attached hydrogens (tertiary/aromatic N) is 1. The summed E-state index contributed by atoms with van der Waals surface area (Å²) in [6.45, 7) is 8.65. The molecule has 0 bridgehead atoms. The van der Waals surface area contributed by atoms with E-state index in [1.54, 1.807) is 24.9 Å². The van der Waals surface area contributed by atoms with Gasteiger partial charge in [-0.25, -0.2) is 4.79 Å². The van der Waals surface area contributed by atoms with Crippen LogP contribution in [-0.4, -0.2) is 42.6 Å². The predicted molar refractivity (Wildman–Crippen MR) is 89.6 cm³/mol. The molecule has 0 atom stereocenters. The van der Waals surface area contributed by atoms with E-state index < -0.39 is 5.60 Å². The number of ketones is 1. The van der Waals surface area contributed by atoms with Gasteiger partial charge in [-0.15, -0.1) is 0 Å². The first kappa shape index (κ1) is 19.2. The Morgan fingerprint density at radius 2 is 1.91 bits per heavy atom. The van der Waals surface area contributed by atoms with E-state index >= 15 is 0 Å². The van der Waals surface area contributed by atoms with E-state index in [0.29, 0.717) is 25.3 Å². The smallest absolute Gasteiger partial charge is 0.410 e. The van der Waals surface area contributed by atoms with Gasteiger partial charge in [0.25, 0.3) is 0 Å². The minimum atomic E-state index is -0.483. The summed E-state index contributed by atoms with van der Waals surface area (Å²) in [7, 11) is 1.71. The fraction of sp³-hybridized carbons (Fsp3) is 0.556. The van der Waals surface area contributed by atoms with Gasteiger partial charge in [0.05, 0.1) is 6.61 Å². The Morgan fingerprint density at radius 1 is 1.22 bits per heavy atom. The molecule has 0 saturated carbocycles. The van der Waals surface area contributed by atoms with Gasteiger partial charge in [-0.1, -0.05) is 18.2 Å². The molecule has 1 amide bonds. The van der Waals surface area contributed by atoms with Crippen LogP contribution in [0.25, 0.3) is 0 Å². The maximum Gasteiger partial charge on any atom is 0.410 e. The van der Waals surface area contributed by atoms with Gasteiger partial charge in [-0.2, -0.15) is 0 Å². The molecule has 0 N–H and O–H groups in total. The van der Waals surface area contributed by atoms with Gasteiger partial charge in [0.1, 0.15) is 5.60 Å². The Bertz CT molecular complexity index is 534. The number of carbonyl (C=O) groups excluding carboxylic acids is 2. The molecule has 0 aliphatic rings. The summed E-state index contributed by atoms with van der Waals surface area (Å²) < 4.78 is 10.9. The van der Waals surface area contributed by atoms with Crippen LogP contribution in [0.3, 0.4) is 0 Å². The zero-order valence-electron chi connectivity index (χ0n) is 14.7. The highest BCUT2D eigenvalue weighted by molar-refractivity contribution is 5.94. The molecule has 128 valence electrons. The number of amides is 1. The minimum Gasteiger partial charge on any atom is -0.444 e. The topological polar surface area (TPSA) is 55.8 Å². The summed E-state index contributed by atoms with van der Waals surface area (Å²) in [5.41, 5.74) is 1.18. The molecule has 5 nitrogen and oxygen atoms in total. The zero-order valence-corrected chi connectivity index (χ0v) is 14.7. The second kappa shape index (κ2) is 8.67. The van der Waals surface area contributed by atoms with Crippen LogP contribution in [0.15, 0.2) is 24.3 Å². The van der Waals surface area contributed by atoms with Crippen LogP contribution in [0, 0.1) is 0 Å². The Labute approximate surface area is 138 Å². The Morgan fingerprint density at radius 3 is 2.52 bits per heavy atom. The third kappa shape index (κ3) is 7.79. The number of hydrogen-bond donors (Lipinski definition) is 0. The Balaban J connectivity index is 2.26. The second-order valence-electron chi connectivity index (χ2n) is 6.56. The van der Waals surface area contributed by atoms with Gasteiger partial charge in [0.2, 0.25) is 0 Å². The molecule has 1 rings (SSSR count). The SMILES string of the molecule is CC(=O)c1cccc(COCCCN(C)C(=O)OC(C)(C)C)c1. The lowest BCUT2D eigenvalue weighted by Crippen LogP contribution is -2.35. The second-order valence-corrected chi connectivity index (χ2v) is 6.56. The molecule has 0 unspecified atom stereocenters. The van der Waals surface area contributed by atoms with Crippen molar-refractivity contribution in [1.29, 1.82) is 0 Å². The summed E-state index contributed by atoms with van der Waals surface area (Å²) in [6.07, 6.45) is 0.397. The highest BCUT2D eigenvalue weighted by atomic mass is 16.6. The van der Waals surface area contributed by atoms with E-state index in [1.807, 2.05) is 39.0 Å². The summed E-state index contributed by atoms with van der Waals surface area (Å²) >= 11 is 0. The van der Waals surface area contributed by atoms with E-state index in [4.69, 9.17) is 9.47 Å². The molecular weight excluding hydrogens is 294 g/mol. The normalized spacial score (nSPS) is 11.2. The zero-order chi connectivity index (χ0) is 17.5. The Hall–Kier alpha value is -1.88. The number of hydrogen-bond acceptors (Lipinski definition) is 4. The third-order valence-electron chi connectivity index (χ3n) is 3.09. The van der Waals surface area contributed by atoms with Gasteiger partial charge in [-0.05, 0) is 45.7 Å². The van der Waals surface area contributed by atoms with Crippen molar-refractivity contribution in [2.75, 3.05) is 20.2 Å². The highest BCUT2D eigenvalue weighted by Gasteiger charge is 2.19.